The summed E-state index contributed by atoms with van der Waals surface area (Å²) >= 11 is 0. The van der Waals surface area contributed by atoms with Crippen molar-refractivity contribution in [2.75, 3.05) is 39.3 Å². The summed E-state index contributed by atoms with van der Waals surface area (Å²) in [4.78, 5) is 17.4. The summed E-state index contributed by atoms with van der Waals surface area (Å²) in [6.07, 6.45) is 8.92. The highest BCUT2D eigenvalue weighted by molar-refractivity contribution is 7.89. The molecule has 2 aliphatic rings. The number of likely N-dealkylation sites (tertiary alicyclic amines) is 2. The first-order chi connectivity index (χ1) is 13.9. The maximum absolute atomic E-state index is 12.9. The monoisotopic (exact) mass is 417 g/mol. The van der Waals surface area contributed by atoms with Crippen LogP contribution in [-0.2, 0) is 14.8 Å². The van der Waals surface area contributed by atoms with Crippen molar-refractivity contribution >= 4 is 15.9 Å². The summed E-state index contributed by atoms with van der Waals surface area (Å²) < 4.78 is 27.8. The van der Waals surface area contributed by atoms with Gasteiger partial charge in [-0.2, -0.15) is 0 Å². The number of amides is 1. The smallest absolute Gasteiger partial charge is 0.240 e. The third-order valence-corrected chi connectivity index (χ3v) is 7.42. The molecule has 1 atom stereocenters. The zero-order valence-electron chi connectivity index (χ0n) is 17.1. The number of benzene rings is 1. The third kappa shape index (κ3) is 5.81. The molecule has 1 aromatic carbocycles. The molecule has 7 heteroatoms. The number of aryl methyl sites for hydroxylation is 1. The van der Waals surface area contributed by atoms with Gasteiger partial charge in [0, 0.05) is 25.6 Å². The number of sulfonamides is 1. The molecular weight excluding hydrogens is 386 g/mol. The van der Waals surface area contributed by atoms with E-state index in [1.165, 1.54) is 0 Å². The number of piperidine rings is 2. The van der Waals surface area contributed by atoms with Gasteiger partial charge < -0.3 is 4.90 Å². The molecule has 3 rings (SSSR count). The van der Waals surface area contributed by atoms with E-state index >= 15 is 0 Å². The van der Waals surface area contributed by atoms with Gasteiger partial charge in [0.15, 0.2) is 0 Å². The van der Waals surface area contributed by atoms with Crippen LogP contribution in [0.3, 0.4) is 0 Å². The van der Waals surface area contributed by atoms with E-state index in [1.54, 1.807) is 24.3 Å². The predicted octanol–water partition coefficient (Wildman–Crippen LogP) is 1.86. The summed E-state index contributed by atoms with van der Waals surface area (Å²) in [6, 6.07) is 6.84. The number of hydrogen-bond acceptors (Lipinski definition) is 4. The standard InChI is InChI=1S/C22H31N3O3S/c1-3-12-24-14-10-20(11-15-24)22(26)25-13-4-5-19(17-25)16-23-29(27,28)21-8-6-18(2)7-9-21/h1,6-9,19-20,23H,4-5,10-17H2,2H3. The Balaban J connectivity index is 1.51. The SMILES string of the molecule is C#CCN1CCC(C(=O)N2CCCC(CNS(=O)(=O)c3ccc(C)cc3)C2)CC1. The first-order valence-corrected chi connectivity index (χ1v) is 11.9. The number of nitrogens with one attached hydrogen (secondary N) is 1. The van der Waals surface area contributed by atoms with E-state index in [4.69, 9.17) is 6.42 Å². The van der Waals surface area contributed by atoms with Crippen LogP contribution >= 0.6 is 0 Å². The molecule has 6 nitrogen and oxygen atoms in total. The Morgan fingerprint density at radius 2 is 1.86 bits per heavy atom. The summed E-state index contributed by atoms with van der Waals surface area (Å²) in [5, 5.41) is 0. The van der Waals surface area contributed by atoms with Crippen molar-refractivity contribution in [2.45, 2.75) is 37.5 Å². The topological polar surface area (TPSA) is 69.7 Å². The van der Waals surface area contributed by atoms with Crippen molar-refractivity contribution in [3.8, 4) is 12.3 Å². The predicted molar refractivity (Wildman–Crippen MR) is 114 cm³/mol. The van der Waals surface area contributed by atoms with E-state index in [-0.39, 0.29) is 22.6 Å². The van der Waals surface area contributed by atoms with Crippen LogP contribution in [0.25, 0.3) is 0 Å². The van der Waals surface area contributed by atoms with Crippen LogP contribution in [-0.4, -0.2) is 63.4 Å². The maximum atomic E-state index is 12.9. The zero-order valence-corrected chi connectivity index (χ0v) is 18.0. The van der Waals surface area contributed by atoms with Crippen LogP contribution in [0.5, 0.6) is 0 Å². The first-order valence-electron chi connectivity index (χ1n) is 10.4. The molecule has 1 N–H and O–H groups in total. The fraction of sp³-hybridized carbons (Fsp3) is 0.591. The molecule has 2 fully saturated rings. The summed E-state index contributed by atoms with van der Waals surface area (Å²) in [7, 11) is -3.52. The lowest BCUT2D eigenvalue weighted by Crippen LogP contribution is -2.48. The quantitative estimate of drug-likeness (QED) is 0.718. The Kier molecular flexibility index (Phi) is 7.33. The van der Waals surface area contributed by atoms with Gasteiger partial charge in [0.1, 0.15) is 0 Å². The molecule has 0 radical (unpaired) electrons. The number of rotatable bonds is 6. The van der Waals surface area contributed by atoms with Crippen molar-refractivity contribution < 1.29 is 13.2 Å². The molecule has 2 saturated heterocycles. The first kappa shape index (κ1) is 21.8. The molecule has 0 saturated carbocycles. The highest BCUT2D eigenvalue weighted by atomic mass is 32.2. The average Bonchev–Trinajstić information content (AvgIpc) is 2.73. The van der Waals surface area contributed by atoms with Crippen molar-refractivity contribution in [3.63, 3.8) is 0 Å². The van der Waals surface area contributed by atoms with E-state index in [2.05, 4.69) is 15.5 Å². The molecule has 1 unspecified atom stereocenters. The molecule has 1 aromatic rings. The molecule has 1 amide bonds. The Morgan fingerprint density at radius 3 is 2.52 bits per heavy atom. The van der Waals surface area contributed by atoms with Crippen LogP contribution in [0.15, 0.2) is 29.2 Å². The highest BCUT2D eigenvalue weighted by Crippen LogP contribution is 2.24. The van der Waals surface area contributed by atoms with Gasteiger partial charge >= 0.3 is 0 Å². The zero-order chi connectivity index (χ0) is 20.9. The van der Waals surface area contributed by atoms with E-state index in [1.807, 2.05) is 11.8 Å². The second kappa shape index (κ2) is 9.75. The molecule has 0 aliphatic carbocycles. The van der Waals surface area contributed by atoms with Gasteiger partial charge in [0.25, 0.3) is 0 Å². The van der Waals surface area contributed by atoms with E-state index in [0.717, 1.165) is 50.9 Å². The average molecular weight is 418 g/mol. The van der Waals surface area contributed by atoms with Gasteiger partial charge in [-0.3, -0.25) is 9.69 Å². The van der Waals surface area contributed by atoms with Crippen molar-refractivity contribution in [2.24, 2.45) is 11.8 Å². The Hall–Kier alpha value is -1.88. The Labute approximate surface area is 174 Å². The van der Waals surface area contributed by atoms with E-state index < -0.39 is 10.0 Å². The van der Waals surface area contributed by atoms with Gasteiger partial charge in [0.2, 0.25) is 15.9 Å². The lowest BCUT2D eigenvalue weighted by Gasteiger charge is -2.37. The van der Waals surface area contributed by atoms with Crippen LogP contribution in [0, 0.1) is 31.1 Å². The molecule has 2 heterocycles. The molecular formula is C22H31N3O3S. The lowest BCUT2D eigenvalue weighted by atomic mass is 9.92. The second-order valence-electron chi connectivity index (χ2n) is 8.21. The molecule has 158 valence electrons. The van der Waals surface area contributed by atoms with Crippen molar-refractivity contribution in [3.05, 3.63) is 29.8 Å². The molecule has 2 aliphatic heterocycles. The van der Waals surface area contributed by atoms with E-state index in [0.29, 0.717) is 19.6 Å². The molecule has 0 aromatic heterocycles. The number of hydrogen-bond donors (Lipinski definition) is 1. The fourth-order valence-electron chi connectivity index (χ4n) is 4.19. The maximum Gasteiger partial charge on any atom is 0.240 e. The van der Waals surface area contributed by atoms with Gasteiger partial charge in [0.05, 0.1) is 11.4 Å². The third-order valence-electron chi connectivity index (χ3n) is 5.98. The second-order valence-corrected chi connectivity index (χ2v) is 9.98. The van der Waals surface area contributed by atoms with Crippen LogP contribution in [0.1, 0.15) is 31.2 Å². The molecule has 0 bridgehead atoms. The van der Waals surface area contributed by atoms with Gasteiger partial charge in [-0.15, -0.1) is 6.42 Å². The largest absolute Gasteiger partial charge is 0.342 e. The number of terminal acetylenes is 1. The van der Waals surface area contributed by atoms with E-state index in [9.17, 15) is 13.2 Å². The van der Waals surface area contributed by atoms with Gasteiger partial charge in [-0.1, -0.05) is 23.6 Å². The van der Waals surface area contributed by atoms with Crippen molar-refractivity contribution in [1.82, 2.24) is 14.5 Å². The minimum atomic E-state index is -3.52. The minimum Gasteiger partial charge on any atom is -0.342 e. The van der Waals surface area contributed by atoms with Gasteiger partial charge in [-0.25, -0.2) is 13.1 Å². The van der Waals surface area contributed by atoms with Crippen LogP contribution < -0.4 is 4.72 Å². The Bertz CT molecular complexity index is 837. The highest BCUT2D eigenvalue weighted by Gasteiger charge is 2.31. The van der Waals surface area contributed by atoms with Gasteiger partial charge in [-0.05, 0) is 63.7 Å². The summed E-state index contributed by atoms with van der Waals surface area (Å²) in [5.74, 6) is 3.09. The summed E-state index contributed by atoms with van der Waals surface area (Å²) in [5.41, 5.74) is 1.02. The summed E-state index contributed by atoms with van der Waals surface area (Å²) in [6.45, 7) is 6.07. The molecule has 29 heavy (non-hydrogen) atoms. The number of carbonyl (C=O) groups excluding carboxylic acids is 1. The van der Waals surface area contributed by atoms with Crippen molar-refractivity contribution in [1.29, 1.82) is 0 Å². The van der Waals surface area contributed by atoms with Crippen LogP contribution in [0.4, 0.5) is 0 Å². The molecule has 0 spiro atoms. The fourth-order valence-corrected chi connectivity index (χ4v) is 5.30. The Morgan fingerprint density at radius 1 is 1.17 bits per heavy atom. The normalized spacial score (nSPS) is 21.7. The number of nitrogens with zero attached hydrogens (tertiary/aromatic N) is 2. The minimum absolute atomic E-state index is 0.0621. The number of carbonyl (C=O) groups is 1. The lowest BCUT2D eigenvalue weighted by molar-refractivity contribution is -0.138. The van der Waals surface area contributed by atoms with Crippen LogP contribution in [0.2, 0.25) is 0 Å².